The van der Waals surface area contributed by atoms with E-state index < -0.39 is 41.2 Å². The van der Waals surface area contributed by atoms with Crippen LogP contribution in [0.15, 0.2) is 47.0 Å². The van der Waals surface area contributed by atoms with Gasteiger partial charge in [0.2, 0.25) is 11.7 Å². The van der Waals surface area contributed by atoms with E-state index >= 15 is 0 Å². The minimum Gasteiger partial charge on any atom is -0.497 e. The molecule has 4 rings (SSSR count). The van der Waals surface area contributed by atoms with Crippen LogP contribution in [0, 0.1) is 0 Å². The molecule has 1 unspecified atom stereocenters. The Balaban J connectivity index is 1.59. The molecule has 0 aliphatic carbocycles. The van der Waals surface area contributed by atoms with E-state index in [0.29, 0.717) is 42.7 Å². The zero-order valence-electron chi connectivity index (χ0n) is 18.8. The van der Waals surface area contributed by atoms with Gasteiger partial charge in [0, 0.05) is 17.8 Å². The molecule has 0 bridgehead atoms. The van der Waals surface area contributed by atoms with Crippen LogP contribution in [0.25, 0.3) is 11.4 Å². The predicted molar refractivity (Wildman–Crippen MR) is 115 cm³/mol. The molecule has 1 atom stereocenters. The number of methoxy groups -OCH3 is 1. The first kappa shape index (κ1) is 25.3. The van der Waals surface area contributed by atoms with E-state index in [-0.39, 0.29) is 24.3 Å². The zero-order valence-corrected chi connectivity index (χ0v) is 18.8. The standard InChI is InChI=1S/C23H20F6N4O3/c1-35-17-6-4-5-13(9-17)19-31-20(36-32-19)18-7-2-3-8-33(18)21(34)30-16-11-14(22(24,25)26)10-15(12-16)23(27,28)29/h4-6,9-12,18H,2-3,7-8H2,1H3,(H,30,34). The number of carbonyl (C=O) groups is 1. The Morgan fingerprint density at radius 2 is 1.75 bits per heavy atom. The summed E-state index contributed by atoms with van der Waals surface area (Å²) >= 11 is 0. The highest BCUT2D eigenvalue weighted by Crippen LogP contribution is 2.38. The topological polar surface area (TPSA) is 80.5 Å². The third-order valence-corrected chi connectivity index (χ3v) is 5.66. The second-order valence-electron chi connectivity index (χ2n) is 8.12. The average Bonchev–Trinajstić information content (AvgIpc) is 3.33. The molecular formula is C23H20F6N4O3. The van der Waals surface area contributed by atoms with Crippen molar-refractivity contribution in [3.05, 3.63) is 59.5 Å². The van der Waals surface area contributed by atoms with Gasteiger partial charge in [0.05, 0.1) is 18.2 Å². The number of hydrogen-bond donors (Lipinski definition) is 1. The molecule has 2 heterocycles. The number of piperidine rings is 1. The van der Waals surface area contributed by atoms with Crippen molar-refractivity contribution in [2.75, 3.05) is 19.0 Å². The minimum atomic E-state index is -5.03. The van der Waals surface area contributed by atoms with Crippen LogP contribution in [0.3, 0.4) is 0 Å². The maximum Gasteiger partial charge on any atom is 0.416 e. The van der Waals surface area contributed by atoms with Crippen molar-refractivity contribution < 1.29 is 40.4 Å². The maximum atomic E-state index is 13.2. The molecule has 0 saturated carbocycles. The van der Waals surface area contributed by atoms with Crippen LogP contribution in [0.2, 0.25) is 0 Å². The molecule has 0 radical (unpaired) electrons. The largest absolute Gasteiger partial charge is 0.497 e. The maximum absolute atomic E-state index is 13.2. The smallest absolute Gasteiger partial charge is 0.416 e. The highest BCUT2D eigenvalue weighted by molar-refractivity contribution is 5.90. The second kappa shape index (κ2) is 9.70. The predicted octanol–water partition coefficient (Wildman–Crippen LogP) is 6.54. The second-order valence-corrected chi connectivity index (χ2v) is 8.12. The lowest BCUT2D eigenvalue weighted by atomic mass is 10.0. The van der Waals surface area contributed by atoms with Crippen molar-refractivity contribution >= 4 is 11.7 Å². The Kier molecular flexibility index (Phi) is 6.83. The number of amides is 2. The van der Waals surface area contributed by atoms with Crippen LogP contribution in [0.1, 0.15) is 42.3 Å². The monoisotopic (exact) mass is 514 g/mol. The molecule has 1 N–H and O–H groups in total. The summed E-state index contributed by atoms with van der Waals surface area (Å²) in [5.74, 6) is 0.905. The number of benzene rings is 2. The number of likely N-dealkylation sites (tertiary alicyclic amines) is 1. The lowest BCUT2D eigenvalue weighted by Gasteiger charge is -2.33. The summed E-state index contributed by atoms with van der Waals surface area (Å²) in [5, 5.41) is 6.11. The van der Waals surface area contributed by atoms with E-state index in [1.807, 2.05) is 0 Å². The number of halogens is 6. The molecular weight excluding hydrogens is 494 g/mol. The first-order valence-corrected chi connectivity index (χ1v) is 10.8. The lowest BCUT2D eigenvalue weighted by molar-refractivity contribution is -0.143. The molecule has 1 fully saturated rings. The fourth-order valence-corrected chi connectivity index (χ4v) is 3.90. The van der Waals surface area contributed by atoms with Crippen molar-refractivity contribution in [1.29, 1.82) is 0 Å². The number of aromatic nitrogens is 2. The van der Waals surface area contributed by atoms with E-state index in [9.17, 15) is 31.1 Å². The number of ether oxygens (including phenoxy) is 1. The molecule has 1 aliphatic rings. The van der Waals surface area contributed by atoms with Crippen LogP contribution in [0.4, 0.5) is 36.8 Å². The number of alkyl halides is 6. The molecule has 1 saturated heterocycles. The van der Waals surface area contributed by atoms with Crippen LogP contribution in [0.5, 0.6) is 5.75 Å². The molecule has 1 aromatic heterocycles. The van der Waals surface area contributed by atoms with Crippen molar-refractivity contribution in [2.45, 2.75) is 37.7 Å². The first-order valence-electron chi connectivity index (χ1n) is 10.8. The van der Waals surface area contributed by atoms with Gasteiger partial charge in [0.1, 0.15) is 11.8 Å². The van der Waals surface area contributed by atoms with Gasteiger partial charge < -0.3 is 19.5 Å². The van der Waals surface area contributed by atoms with Crippen LogP contribution >= 0.6 is 0 Å². The minimum absolute atomic E-state index is 0.00209. The lowest BCUT2D eigenvalue weighted by Crippen LogP contribution is -2.41. The van der Waals surface area contributed by atoms with E-state index in [2.05, 4.69) is 15.5 Å². The van der Waals surface area contributed by atoms with Gasteiger partial charge in [0.15, 0.2) is 0 Å². The number of nitrogens with zero attached hydrogens (tertiary/aromatic N) is 3. The molecule has 7 nitrogen and oxygen atoms in total. The number of hydrogen-bond acceptors (Lipinski definition) is 5. The normalized spacial score (nSPS) is 16.6. The molecule has 36 heavy (non-hydrogen) atoms. The molecule has 0 spiro atoms. The number of urea groups is 1. The van der Waals surface area contributed by atoms with Gasteiger partial charge in [-0.15, -0.1) is 0 Å². The van der Waals surface area contributed by atoms with E-state index in [1.54, 1.807) is 24.3 Å². The van der Waals surface area contributed by atoms with E-state index in [1.165, 1.54) is 12.0 Å². The summed E-state index contributed by atoms with van der Waals surface area (Å²) in [5.41, 5.74) is -3.08. The summed E-state index contributed by atoms with van der Waals surface area (Å²) in [6.07, 6.45) is -8.36. The van der Waals surface area contributed by atoms with Crippen molar-refractivity contribution in [3.8, 4) is 17.1 Å². The Morgan fingerprint density at radius 1 is 1.06 bits per heavy atom. The van der Waals surface area contributed by atoms with Crippen LogP contribution in [-0.2, 0) is 12.4 Å². The summed E-state index contributed by atoms with van der Waals surface area (Å²) in [6, 6.07) is 6.20. The summed E-state index contributed by atoms with van der Waals surface area (Å²) in [6.45, 7) is 0.193. The molecule has 13 heteroatoms. The SMILES string of the molecule is COc1cccc(-c2noc(C3CCCCN3C(=O)Nc3cc(C(F)(F)F)cc(C(F)(F)F)c3)n2)c1. The molecule has 192 valence electrons. The van der Waals surface area contributed by atoms with E-state index in [0.717, 1.165) is 0 Å². The zero-order chi connectivity index (χ0) is 26.1. The van der Waals surface area contributed by atoms with Gasteiger partial charge in [-0.05, 0) is 49.6 Å². The van der Waals surface area contributed by atoms with E-state index in [4.69, 9.17) is 9.26 Å². The summed E-state index contributed by atoms with van der Waals surface area (Å²) < 4.78 is 89.6. The quantitative estimate of drug-likeness (QED) is 0.400. The Hall–Kier alpha value is -3.77. The number of rotatable bonds is 4. The van der Waals surface area contributed by atoms with Gasteiger partial charge >= 0.3 is 18.4 Å². The van der Waals surface area contributed by atoms with Gasteiger partial charge in [-0.2, -0.15) is 31.3 Å². The fraction of sp³-hybridized carbons (Fsp3) is 0.348. The Labute approximate surface area is 201 Å². The number of carbonyl (C=O) groups excluding carboxylic acids is 1. The fourth-order valence-electron chi connectivity index (χ4n) is 3.90. The Bertz CT molecular complexity index is 1210. The van der Waals surface area contributed by atoms with Gasteiger partial charge in [-0.1, -0.05) is 17.3 Å². The third-order valence-electron chi connectivity index (χ3n) is 5.66. The summed E-state index contributed by atoms with van der Waals surface area (Å²) in [7, 11) is 1.50. The van der Waals surface area contributed by atoms with Crippen molar-refractivity contribution in [3.63, 3.8) is 0 Å². The van der Waals surface area contributed by atoms with Gasteiger partial charge in [-0.25, -0.2) is 4.79 Å². The molecule has 1 aliphatic heterocycles. The number of nitrogens with one attached hydrogen (secondary N) is 1. The highest BCUT2D eigenvalue weighted by atomic mass is 19.4. The third kappa shape index (κ3) is 5.55. The molecule has 3 aromatic rings. The van der Waals surface area contributed by atoms with Gasteiger partial charge in [0.25, 0.3) is 0 Å². The summed E-state index contributed by atoms with van der Waals surface area (Å²) in [4.78, 5) is 18.6. The van der Waals surface area contributed by atoms with Crippen molar-refractivity contribution in [1.82, 2.24) is 15.0 Å². The molecule has 2 aromatic carbocycles. The van der Waals surface area contributed by atoms with Crippen LogP contribution < -0.4 is 10.1 Å². The van der Waals surface area contributed by atoms with Crippen molar-refractivity contribution in [2.24, 2.45) is 0 Å². The van der Waals surface area contributed by atoms with Crippen LogP contribution in [-0.4, -0.2) is 34.7 Å². The molecule has 2 amide bonds. The van der Waals surface area contributed by atoms with Gasteiger partial charge in [-0.3, -0.25) is 0 Å². The highest BCUT2D eigenvalue weighted by Gasteiger charge is 2.38. The number of anilines is 1. The first-order chi connectivity index (χ1) is 17.0. The average molecular weight is 514 g/mol. The Morgan fingerprint density at radius 3 is 2.39 bits per heavy atom.